The first-order valence-electron chi connectivity index (χ1n) is 10.0. The van der Waals surface area contributed by atoms with Gasteiger partial charge in [-0.1, -0.05) is 60.2 Å². The number of nitrogens with zero attached hydrogens (tertiary/aromatic N) is 3. The fraction of sp³-hybridized carbons (Fsp3) is 0.391. The molecule has 0 saturated carbocycles. The van der Waals surface area contributed by atoms with Gasteiger partial charge >= 0.3 is 0 Å². The maximum Gasteiger partial charge on any atom is 0.247 e. The zero-order chi connectivity index (χ0) is 19.5. The van der Waals surface area contributed by atoms with E-state index in [1.54, 1.807) is 0 Å². The van der Waals surface area contributed by atoms with E-state index >= 15 is 0 Å². The number of amides is 2. The average Bonchev–Trinajstić information content (AvgIpc) is 2.99. The van der Waals surface area contributed by atoms with Crippen molar-refractivity contribution in [1.82, 2.24) is 14.7 Å². The Hall–Kier alpha value is -2.50. The van der Waals surface area contributed by atoms with Crippen molar-refractivity contribution in [2.24, 2.45) is 0 Å². The standard InChI is InChI=1S/C23H27N3O2/c1-18-7-9-20(10-8-18)17-26-22(27)15-21(23(26)28)25-13-11-24(12-14-25)16-19-5-3-2-4-6-19/h2-10,21H,11-17H2,1H3/t21-/m0/s1. The summed E-state index contributed by atoms with van der Waals surface area (Å²) in [4.78, 5) is 31.4. The largest absolute Gasteiger partial charge is 0.297 e. The molecule has 5 nitrogen and oxygen atoms in total. The monoisotopic (exact) mass is 377 g/mol. The molecule has 146 valence electrons. The molecule has 2 heterocycles. The van der Waals surface area contributed by atoms with Gasteiger partial charge in [-0.15, -0.1) is 0 Å². The van der Waals surface area contributed by atoms with E-state index in [4.69, 9.17) is 0 Å². The van der Waals surface area contributed by atoms with Gasteiger partial charge in [-0.25, -0.2) is 0 Å². The van der Waals surface area contributed by atoms with Crippen molar-refractivity contribution < 1.29 is 9.59 Å². The number of imide groups is 1. The van der Waals surface area contributed by atoms with Crippen molar-refractivity contribution in [2.75, 3.05) is 26.2 Å². The minimum absolute atomic E-state index is 0.0397. The van der Waals surface area contributed by atoms with Crippen molar-refractivity contribution in [3.8, 4) is 0 Å². The minimum atomic E-state index is -0.295. The molecular weight excluding hydrogens is 350 g/mol. The van der Waals surface area contributed by atoms with E-state index in [1.165, 1.54) is 16.0 Å². The van der Waals surface area contributed by atoms with E-state index in [0.29, 0.717) is 13.0 Å². The van der Waals surface area contributed by atoms with Gasteiger partial charge < -0.3 is 0 Å². The number of piperazine rings is 1. The van der Waals surface area contributed by atoms with E-state index in [9.17, 15) is 9.59 Å². The molecular formula is C23H27N3O2. The lowest BCUT2D eigenvalue weighted by atomic mass is 10.1. The molecule has 0 spiro atoms. The molecule has 2 aliphatic heterocycles. The summed E-state index contributed by atoms with van der Waals surface area (Å²) in [5.74, 6) is -0.0932. The van der Waals surface area contributed by atoms with Gasteiger partial charge in [-0.3, -0.25) is 24.3 Å². The predicted octanol–water partition coefficient (Wildman–Crippen LogP) is 2.44. The van der Waals surface area contributed by atoms with Gasteiger partial charge in [0.25, 0.3) is 0 Å². The summed E-state index contributed by atoms with van der Waals surface area (Å²) in [5, 5.41) is 0. The SMILES string of the molecule is Cc1ccc(CN2C(=O)C[C@H](N3CCN(Cc4ccccc4)CC3)C2=O)cc1. The van der Waals surface area contributed by atoms with Gasteiger partial charge in [0.05, 0.1) is 19.0 Å². The van der Waals surface area contributed by atoms with Crippen LogP contribution in [-0.2, 0) is 22.7 Å². The number of hydrogen-bond acceptors (Lipinski definition) is 4. The smallest absolute Gasteiger partial charge is 0.247 e. The van der Waals surface area contributed by atoms with E-state index in [0.717, 1.165) is 38.3 Å². The number of likely N-dealkylation sites (tertiary alicyclic amines) is 1. The summed E-state index contributed by atoms with van der Waals surface area (Å²) in [5.41, 5.74) is 3.49. The molecule has 1 atom stereocenters. The summed E-state index contributed by atoms with van der Waals surface area (Å²) in [6.07, 6.45) is 0.309. The summed E-state index contributed by atoms with van der Waals surface area (Å²) in [6.45, 7) is 6.84. The number of rotatable bonds is 5. The Labute approximate surface area is 166 Å². The first-order chi connectivity index (χ1) is 13.6. The molecule has 2 aromatic rings. The second-order valence-electron chi connectivity index (χ2n) is 7.82. The molecule has 0 aromatic heterocycles. The highest BCUT2D eigenvalue weighted by atomic mass is 16.2. The van der Waals surface area contributed by atoms with Gasteiger partial charge in [0, 0.05) is 32.7 Å². The molecule has 2 saturated heterocycles. The fourth-order valence-corrected chi connectivity index (χ4v) is 4.07. The number of carbonyl (C=O) groups excluding carboxylic acids is 2. The van der Waals surface area contributed by atoms with Crippen LogP contribution in [0.1, 0.15) is 23.1 Å². The predicted molar refractivity (Wildman–Crippen MR) is 108 cm³/mol. The molecule has 28 heavy (non-hydrogen) atoms. The van der Waals surface area contributed by atoms with E-state index in [-0.39, 0.29) is 17.9 Å². The zero-order valence-corrected chi connectivity index (χ0v) is 16.4. The Morgan fingerprint density at radius 1 is 0.821 bits per heavy atom. The van der Waals surface area contributed by atoms with Gasteiger partial charge in [0.15, 0.2) is 0 Å². The van der Waals surface area contributed by atoms with Gasteiger partial charge in [-0.05, 0) is 18.1 Å². The van der Waals surface area contributed by atoms with E-state index < -0.39 is 0 Å². The van der Waals surface area contributed by atoms with Crippen molar-refractivity contribution in [2.45, 2.75) is 32.5 Å². The molecule has 2 fully saturated rings. The Kier molecular flexibility index (Phi) is 5.55. The minimum Gasteiger partial charge on any atom is -0.297 e. The van der Waals surface area contributed by atoms with Crippen molar-refractivity contribution in [3.05, 3.63) is 71.3 Å². The van der Waals surface area contributed by atoms with Crippen LogP contribution in [-0.4, -0.2) is 58.7 Å². The molecule has 0 N–H and O–H groups in total. The third-order valence-corrected chi connectivity index (χ3v) is 5.78. The Morgan fingerprint density at radius 2 is 1.46 bits per heavy atom. The number of hydrogen-bond donors (Lipinski definition) is 0. The molecule has 0 bridgehead atoms. The summed E-state index contributed by atoms with van der Waals surface area (Å²) < 4.78 is 0. The van der Waals surface area contributed by atoms with Crippen molar-refractivity contribution in [3.63, 3.8) is 0 Å². The van der Waals surface area contributed by atoms with E-state index in [1.807, 2.05) is 37.3 Å². The zero-order valence-electron chi connectivity index (χ0n) is 16.4. The quantitative estimate of drug-likeness (QED) is 0.751. The Bertz CT molecular complexity index is 827. The molecule has 4 rings (SSSR count). The summed E-state index contributed by atoms with van der Waals surface area (Å²) in [6, 6.07) is 18.2. The first kappa shape index (κ1) is 18.8. The third-order valence-electron chi connectivity index (χ3n) is 5.78. The highest BCUT2D eigenvalue weighted by Crippen LogP contribution is 2.23. The van der Waals surface area contributed by atoms with Gasteiger partial charge in [0.2, 0.25) is 11.8 Å². The summed E-state index contributed by atoms with van der Waals surface area (Å²) in [7, 11) is 0. The lowest BCUT2D eigenvalue weighted by Crippen LogP contribution is -2.52. The van der Waals surface area contributed by atoms with Crippen LogP contribution in [0.2, 0.25) is 0 Å². The maximum atomic E-state index is 12.9. The second kappa shape index (κ2) is 8.25. The fourth-order valence-electron chi connectivity index (χ4n) is 4.07. The van der Waals surface area contributed by atoms with Crippen LogP contribution in [0.25, 0.3) is 0 Å². The summed E-state index contributed by atoms with van der Waals surface area (Å²) >= 11 is 0. The van der Waals surface area contributed by atoms with Crippen LogP contribution in [0.3, 0.4) is 0 Å². The highest BCUT2D eigenvalue weighted by molar-refractivity contribution is 6.05. The topological polar surface area (TPSA) is 43.9 Å². The van der Waals surface area contributed by atoms with Gasteiger partial charge in [0.1, 0.15) is 0 Å². The molecule has 0 aliphatic carbocycles. The second-order valence-corrected chi connectivity index (χ2v) is 7.82. The normalized spacial score (nSPS) is 21.5. The third kappa shape index (κ3) is 4.16. The van der Waals surface area contributed by atoms with Crippen LogP contribution in [0.5, 0.6) is 0 Å². The lowest BCUT2D eigenvalue weighted by molar-refractivity contribution is -0.140. The van der Waals surface area contributed by atoms with Crippen LogP contribution in [0.15, 0.2) is 54.6 Å². The molecule has 0 radical (unpaired) electrons. The number of aryl methyl sites for hydroxylation is 1. The van der Waals surface area contributed by atoms with Crippen LogP contribution in [0, 0.1) is 6.92 Å². The molecule has 2 amide bonds. The van der Waals surface area contributed by atoms with Crippen LogP contribution < -0.4 is 0 Å². The molecule has 5 heteroatoms. The van der Waals surface area contributed by atoms with Crippen LogP contribution >= 0.6 is 0 Å². The first-order valence-corrected chi connectivity index (χ1v) is 10.0. The highest BCUT2D eigenvalue weighted by Gasteiger charge is 2.42. The maximum absolute atomic E-state index is 12.9. The Balaban J connectivity index is 1.33. The number of benzene rings is 2. The number of carbonyl (C=O) groups is 2. The molecule has 0 unspecified atom stereocenters. The van der Waals surface area contributed by atoms with Crippen LogP contribution in [0.4, 0.5) is 0 Å². The Morgan fingerprint density at radius 3 is 2.14 bits per heavy atom. The lowest BCUT2D eigenvalue weighted by Gasteiger charge is -2.37. The molecule has 2 aromatic carbocycles. The van der Waals surface area contributed by atoms with Gasteiger partial charge in [-0.2, -0.15) is 0 Å². The van der Waals surface area contributed by atoms with Crippen molar-refractivity contribution >= 4 is 11.8 Å². The average molecular weight is 377 g/mol. The van der Waals surface area contributed by atoms with Crippen molar-refractivity contribution in [1.29, 1.82) is 0 Å². The molecule has 2 aliphatic rings. The van der Waals surface area contributed by atoms with E-state index in [2.05, 4.69) is 34.1 Å².